The second-order valence-electron chi connectivity index (χ2n) is 3.26. The third-order valence-corrected chi connectivity index (χ3v) is 2.00. The van der Waals surface area contributed by atoms with Crippen molar-refractivity contribution in [3.63, 3.8) is 0 Å². The summed E-state index contributed by atoms with van der Waals surface area (Å²) in [4.78, 5) is 4.30. The van der Waals surface area contributed by atoms with Gasteiger partial charge in [-0.2, -0.15) is 0 Å². The molecule has 2 heteroatoms. The van der Waals surface area contributed by atoms with Crippen LogP contribution in [-0.2, 0) is 0 Å². The van der Waals surface area contributed by atoms with Crippen LogP contribution in [0, 0.1) is 20.8 Å². The minimum absolute atomic E-state index is 0.418. The SMILES string of the molecule is Cc1cc(C)c([C@@H](C)O)c(C)n1. The van der Waals surface area contributed by atoms with Gasteiger partial charge in [-0.05, 0) is 39.3 Å². The van der Waals surface area contributed by atoms with E-state index in [2.05, 4.69) is 4.98 Å². The molecule has 1 atom stereocenters. The van der Waals surface area contributed by atoms with E-state index < -0.39 is 6.10 Å². The van der Waals surface area contributed by atoms with Gasteiger partial charge in [-0.15, -0.1) is 0 Å². The first-order valence-electron chi connectivity index (χ1n) is 4.15. The molecule has 1 rings (SSSR count). The van der Waals surface area contributed by atoms with Crippen molar-refractivity contribution in [1.29, 1.82) is 0 Å². The van der Waals surface area contributed by atoms with Crippen molar-refractivity contribution in [3.8, 4) is 0 Å². The van der Waals surface area contributed by atoms with Crippen LogP contribution in [0.4, 0.5) is 0 Å². The largest absolute Gasteiger partial charge is 0.389 e. The Bertz CT molecular complexity index is 269. The van der Waals surface area contributed by atoms with Crippen molar-refractivity contribution in [3.05, 3.63) is 28.6 Å². The van der Waals surface area contributed by atoms with Crippen molar-refractivity contribution in [2.75, 3.05) is 0 Å². The van der Waals surface area contributed by atoms with E-state index in [1.165, 1.54) is 0 Å². The predicted molar refractivity (Wildman–Crippen MR) is 49.1 cm³/mol. The molecule has 0 spiro atoms. The Morgan fingerprint density at radius 1 is 1.33 bits per heavy atom. The lowest BCUT2D eigenvalue weighted by Crippen LogP contribution is -2.02. The van der Waals surface area contributed by atoms with Gasteiger partial charge in [0.05, 0.1) is 6.10 Å². The van der Waals surface area contributed by atoms with Gasteiger partial charge in [0, 0.05) is 17.0 Å². The lowest BCUT2D eigenvalue weighted by molar-refractivity contribution is 0.197. The molecule has 0 aromatic carbocycles. The summed E-state index contributed by atoms with van der Waals surface area (Å²) in [6.45, 7) is 7.67. The predicted octanol–water partition coefficient (Wildman–Crippen LogP) is 2.06. The van der Waals surface area contributed by atoms with Gasteiger partial charge in [0.25, 0.3) is 0 Å². The van der Waals surface area contributed by atoms with Crippen molar-refractivity contribution in [1.82, 2.24) is 4.98 Å². The summed E-state index contributed by atoms with van der Waals surface area (Å²) < 4.78 is 0. The number of hydrogen-bond acceptors (Lipinski definition) is 2. The van der Waals surface area contributed by atoms with Crippen molar-refractivity contribution in [2.24, 2.45) is 0 Å². The van der Waals surface area contributed by atoms with E-state index in [1.807, 2.05) is 26.8 Å². The maximum absolute atomic E-state index is 9.44. The number of nitrogens with zero attached hydrogens (tertiary/aromatic N) is 1. The van der Waals surface area contributed by atoms with Gasteiger partial charge < -0.3 is 5.11 Å². The average molecular weight is 165 g/mol. The quantitative estimate of drug-likeness (QED) is 0.691. The molecule has 0 amide bonds. The monoisotopic (exact) mass is 165 g/mol. The highest BCUT2D eigenvalue weighted by molar-refractivity contribution is 5.32. The fourth-order valence-electron chi connectivity index (χ4n) is 1.67. The topological polar surface area (TPSA) is 33.1 Å². The van der Waals surface area contributed by atoms with Crippen LogP contribution in [0.2, 0.25) is 0 Å². The zero-order chi connectivity index (χ0) is 9.30. The Balaban J connectivity index is 3.28. The molecule has 12 heavy (non-hydrogen) atoms. The van der Waals surface area contributed by atoms with Crippen LogP contribution in [0.1, 0.15) is 35.5 Å². The number of aliphatic hydroxyl groups is 1. The summed E-state index contributed by atoms with van der Waals surface area (Å²) >= 11 is 0. The minimum atomic E-state index is -0.418. The van der Waals surface area contributed by atoms with Crippen LogP contribution in [-0.4, -0.2) is 10.1 Å². The Kier molecular flexibility index (Phi) is 2.48. The number of aryl methyl sites for hydroxylation is 3. The lowest BCUT2D eigenvalue weighted by Gasteiger charge is -2.12. The Hall–Kier alpha value is -0.890. The van der Waals surface area contributed by atoms with E-state index in [9.17, 15) is 5.11 Å². The highest BCUT2D eigenvalue weighted by atomic mass is 16.3. The van der Waals surface area contributed by atoms with Crippen molar-refractivity contribution >= 4 is 0 Å². The summed E-state index contributed by atoms with van der Waals surface area (Å²) in [5.41, 5.74) is 4.02. The fraction of sp³-hybridized carbons (Fsp3) is 0.500. The molecule has 2 nitrogen and oxygen atoms in total. The molecule has 1 aromatic rings. The number of rotatable bonds is 1. The fourth-order valence-corrected chi connectivity index (χ4v) is 1.67. The first-order chi connectivity index (χ1) is 5.52. The number of pyridine rings is 1. The summed E-state index contributed by atoms with van der Waals surface area (Å²) in [5.74, 6) is 0. The van der Waals surface area contributed by atoms with E-state index in [4.69, 9.17) is 0 Å². The molecular formula is C10H15NO. The van der Waals surface area contributed by atoms with E-state index in [1.54, 1.807) is 6.92 Å². The highest BCUT2D eigenvalue weighted by Crippen LogP contribution is 2.20. The minimum Gasteiger partial charge on any atom is -0.389 e. The molecule has 0 aliphatic rings. The van der Waals surface area contributed by atoms with Crippen LogP contribution in [0.15, 0.2) is 6.07 Å². The third kappa shape index (κ3) is 1.64. The van der Waals surface area contributed by atoms with Crippen molar-refractivity contribution in [2.45, 2.75) is 33.8 Å². The zero-order valence-corrected chi connectivity index (χ0v) is 8.05. The molecule has 1 N–H and O–H groups in total. The maximum Gasteiger partial charge on any atom is 0.0782 e. The first-order valence-corrected chi connectivity index (χ1v) is 4.15. The van der Waals surface area contributed by atoms with Gasteiger partial charge >= 0.3 is 0 Å². The molecule has 1 heterocycles. The second-order valence-corrected chi connectivity index (χ2v) is 3.26. The van der Waals surface area contributed by atoms with Gasteiger partial charge in [-0.25, -0.2) is 0 Å². The Labute approximate surface area is 73.3 Å². The molecule has 0 unspecified atom stereocenters. The molecule has 66 valence electrons. The smallest absolute Gasteiger partial charge is 0.0782 e. The molecular weight excluding hydrogens is 150 g/mol. The van der Waals surface area contributed by atoms with Crippen LogP contribution in [0.5, 0.6) is 0 Å². The van der Waals surface area contributed by atoms with E-state index in [0.717, 1.165) is 22.5 Å². The van der Waals surface area contributed by atoms with Gasteiger partial charge in [-0.3, -0.25) is 4.98 Å². The molecule has 0 aliphatic carbocycles. The number of aromatic nitrogens is 1. The molecule has 0 radical (unpaired) electrons. The van der Waals surface area contributed by atoms with E-state index in [0.29, 0.717) is 0 Å². The normalized spacial score (nSPS) is 13.1. The molecule has 0 saturated heterocycles. The highest BCUT2D eigenvalue weighted by Gasteiger charge is 2.09. The van der Waals surface area contributed by atoms with Gasteiger partial charge in [-0.1, -0.05) is 0 Å². The Morgan fingerprint density at radius 2 is 1.92 bits per heavy atom. The van der Waals surface area contributed by atoms with Gasteiger partial charge in [0.15, 0.2) is 0 Å². The lowest BCUT2D eigenvalue weighted by atomic mass is 10.0. The molecule has 0 fully saturated rings. The average Bonchev–Trinajstić information content (AvgIpc) is 1.82. The summed E-state index contributed by atoms with van der Waals surface area (Å²) in [7, 11) is 0. The van der Waals surface area contributed by atoms with Crippen LogP contribution in [0.25, 0.3) is 0 Å². The van der Waals surface area contributed by atoms with Gasteiger partial charge in [0.2, 0.25) is 0 Å². The third-order valence-electron chi connectivity index (χ3n) is 2.00. The van der Waals surface area contributed by atoms with Crippen LogP contribution >= 0.6 is 0 Å². The first kappa shape index (κ1) is 9.20. The molecule has 1 aromatic heterocycles. The summed E-state index contributed by atoms with van der Waals surface area (Å²) in [6, 6.07) is 2.00. The standard InChI is InChI=1S/C10H15NO/c1-6-5-7(2)11-8(3)10(6)9(4)12/h5,9,12H,1-4H3/t9-/m1/s1. The zero-order valence-electron chi connectivity index (χ0n) is 8.05. The van der Waals surface area contributed by atoms with Crippen LogP contribution in [0.3, 0.4) is 0 Å². The molecule has 0 aliphatic heterocycles. The summed E-state index contributed by atoms with van der Waals surface area (Å²) in [6.07, 6.45) is -0.418. The maximum atomic E-state index is 9.44. The molecule has 0 bridgehead atoms. The van der Waals surface area contributed by atoms with Crippen molar-refractivity contribution < 1.29 is 5.11 Å². The number of hydrogen-bond donors (Lipinski definition) is 1. The summed E-state index contributed by atoms with van der Waals surface area (Å²) in [5, 5.41) is 9.44. The van der Waals surface area contributed by atoms with Crippen LogP contribution < -0.4 is 0 Å². The number of aliphatic hydroxyl groups excluding tert-OH is 1. The second kappa shape index (κ2) is 3.23. The van der Waals surface area contributed by atoms with Gasteiger partial charge in [0.1, 0.15) is 0 Å². The van der Waals surface area contributed by atoms with E-state index >= 15 is 0 Å². The van der Waals surface area contributed by atoms with E-state index in [-0.39, 0.29) is 0 Å². The Morgan fingerprint density at radius 3 is 2.33 bits per heavy atom. The molecule has 0 saturated carbocycles.